The Labute approximate surface area is 120 Å². The van der Waals surface area contributed by atoms with Crippen LogP contribution in [-0.2, 0) is 4.79 Å². The summed E-state index contributed by atoms with van der Waals surface area (Å²) in [5.74, 6) is -0.543. The minimum atomic E-state index is -1.06. The van der Waals surface area contributed by atoms with E-state index in [0.717, 1.165) is 6.08 Å². The zero-order valence-corrected chi connectivity index (χ0v) is 10.8. The highest BCUT2D eigenvalue weighted by atomic mass is 16.6. The maximum Gasteiger partial charge on any atom is 0.328 e. The first-order valence-electron chi connectivity index (χ1n) is 5.98. The lowest BCUT2D eigenvalue weighted by Gasteiger charge is -2.06. The van der Waals surface area contributed by atoms with Crippen molar-refractivity contribution in [3.8, 4) is 11.5 Å². The highest BCUT2D eigenvalue weighted by molar-refractivity contribution is 5.85. The maximum absolute atomic E-state index is 10.9. The van der Waals surface area contributed by atoms with E-state index in [-0.39, 0.29) is 11.4 Å². The Morgan fingerprint density at radius 2 is 1.95 bits per heavy atom. The van der Waals surface area contributed by atoms with E-state index in [0.29, 0.717) is 11.3 Å². The van der Waals surface area contributed by atoms with Crippen LogP contribution in [0.5, 0.6) is 11.5 Å². The number of carbonyl (C=O) groups is 1. The number of carboxylic acids is 1. The summed E-state index contributed by atoms with van der Waals surface area (Å²) < 4.78 is 5.50. The van der Waals surface area contributed by atoms with Crippen LogP contribution < -0.4 is 4.74 Å². The van der Waals surface area contributed by atoms with E-state index in [9.17, 15) is 14.9 Å². The largest absolute Gasteiger partial charge is 0.478 e. The van der Waals surface area contributed by atoms with Crippen LogP contribution in [0.1, 0.15) is 5.56 Å². The Balaban J connectivity index is 2.26. The van der Waals surface area contributed by atoms with Gasteiger partial charge in [-0.2, -0.15) is 0 Å². The number of rotatable bonds is 5. The predicted octanol–water partition coefficient (Wildman–Crippen LogP) is 3.48. The molecular weight excluding hydrogens is 274 g/mol. The molecule has 0 saturated carbocycles. The zero-order valence-electron chi connectivity index (χ0n) is 10.8. The SMILES string of the molecule is O=C(O)C=Cc1cccc(Oc2ccccc2[N+](=O)[O-])c1. The minimum absolute atomic E-state index is 0.127. The Morgan fingerprint density at radius 1 is 1.19 bits per heavy atom. The first-order chi connectivity index (χ1) is 10.1. The van der Waals surface area contributed by atoms with Crippen molar-refractivity contribution in [2.45, 2.75) is 0 Å². The summed E-state index contributed by atoms with van der Waals surface area (Å²) in [7, 11) is 0. The van der Waals surface area contributed by atoms with Crippen LogP contribution in [-0.4, -0.2) is 16.0 Å². The number of ether oxygens (including phenoxy) is 1. The fourth-order valence-electron chi connectivity index (χ4n) is 1.67. The standard InChI is InChI=1S/C15H11NO5/c17-15(18)9-8-11-4-3-5-12(10-11)21-14-7-2-1-6-13(14)16(19)20/h1-10H,(H,17,18). The molecule has 0 amide bonds. The first-order valence-corrected chi connectivity index (χ1v) is 5.98. The fraction of sp³-hybridized carbons (Fsp3) is 0. The van der Waals surface area contributed by atoms with E-state index < -0.39 is 10.9 Å². The molecule has 6 heteroatoms. The lowest BCUT2D eigenvalue weighted by atomic mass is 10.2. The zero-order chi connectivity index (χ0) is 15.2. The van der Waals surface area contributed by atoms with Crippen molar-refractivity contribution in [3.05, 3.63) is 70.3 Å². The smallest absolute Gasteiger partial charge is 0.328 e. The molecular formula is C15H11NO5. The Kier molecular flexibility index (Phi) is 4.30. The Hall–Kier alpha value is -3.15. The third kappa shape index (κ3) is 3.90. The first kappa shape index (κ1) is 14.3. The molecule has 0 heterocycles. The molecule has 0 unspecified atom stereocenters. The average Bonchev–Trinajstić information content (AvgIpc) is 2.46. The Morgan fingerprint density at radius 3 is 2.67 bits per heavy atom. The van der Waals surface area contributed by atoms with Crippen LogP contribution in [0.4, 0.5) is 5.69 Å². The van der Waals surface area contributed by atoms with Crippen molar-refractivity contribution in [2.75, 3.05) is 0 Å². The molecule has 0 bridgehead atoms. The van der Waals surface area contributed by atoms with Crippen LogP contribution in [0.2, 0.25) is 0 Å². The average molecular weight is 285 g/mol. The molecule has 6 nitrogen and oxygen atoms in total. The van der Waals surface area contributed by atoms with Crippen molar-refractivity contribution < 1.29 is 19.6 Å². The number of carboxylic acid groups (broad SMARTS) is 1. The second-order valence-electron chi connectivity index (χ2n) is 4.07. The summed E-state index contributed by atoms with van der Waals surface area (Å²) in [6, 6.07) is 12.6. The van der Waals surface area contributed by atoms with Crippen LogP contribution in [0.3, 0.4) is 0 Å². The molecule has 21 heavy (non-hydrogen) atoms. The van der Waals surface area contributed by atoms with Gasteiger partial charge in [0.05, 0.1) is 4.92 Å². The fourth-order valence-corrected chi connectivity index (χ4v) is 1.67. The van der Waals surface area contributed by atoms with Gasteiger partial charge in [0.2, 0.25) is 5.75 Å². The number of nitrogens with zero attached hydrogens (tertiary/aromatic N) is 1. The molecule has 0 aromatic heterocycles. The molecule has 2 aromatic carbocycles. The molecule has 106 valence electrons. The van der Waals surface area contributed by atoms with Crippen molar-refractivity contribution in [3.63, 3.8) is 0 Å². The summed E-state index contributed by atoms with van der Waals surface area (Å²) in [6.45, 7) is 0. The van der Waals surface area contributed by atoms with Gasteiger partial charge in [-0.15, -0.1) is 0 Å². The van der Waals surface area contributed by atoms with E-state index in [1.165, 1.54) is 18.2 Å². The number of benzene rings is 2. The van der Waals surface area contributed by atoms with Gasteiger partial charge >= 0.3 is 11.7 Å². The van der Waals surface area contributed by atoms with Gasteiger partial charge in [-0.3, -0.25) is 10.1 Å². The van der Waals surface area contributed by atoms with Crippen molar-refractivity contribution >= 4 is 17.7 Å². The number of para-hydroxylation sites is 2. The van der Waals surface area contributed by atoms with Gasteiger partial charge in [0.1, 0.15) is 5.75 Å². The third-order valence-corrected chi connectivity index (χ3v) is 2.57. The molecule has 2 aromatic rings. The highest BCUT2D eigenvalue weighted by Crippen LogP contribution is 2.31. The van der Waals surface area contributed by atoms with Crippen molar-refractivity contribution in [2.24, 2.45) is 0 Å². The van der Waals surface area contributed by atoms with Crippen molar-refractivity contribution in [1.82, 2.24) is 0 Å². The van der Waals surface area contributed by atoms with Crippen molar-refractivity contribution in [1.29, 1.82) is 0 Å². The quantitative estimate of drug-likeness (QED) is 0.516. The summed E-state index contributed by atoms with van der Waals surface area (Å²) in [5, 5.41) is 19.5. The molecule has 0 fully saturated rings. The van der Waals surface area contributed by atoms with Gasteiger partial charge in [0.25, 0.3) is 0 Å². The van der Waals surface area contributed by atoms with E-state index >= 15 is 0 Å². The van der Waals surface area contributed by atoms with Gasteiger partial charge in [0, 0.05) is 12.1 Å². The van der Waals surface area contributed by atoms with E-state index in [4.69, 9.17) is 9.84 Å². The molecule has 0 spiro atoms. The van der Waals surface area contributed by atoms with Gasteiger partial charge in [0.15, 0.2) is 0 Å². The van der Waals surface area contributed by atoms with Crippen LogP contribution in [0.25, 0.3) is 6.08 Å². The number of aliphatic carboxylic acids is 1. The van der Waals surface area contributed by atoms with E-state index in [1.54, 1.807) is 36.4 Å². The summed E-state index contributed by atoms with van der Waals surface area (Å²) in [5.41, 5.74) is 0.484. The summed E-state index contributed by atoms with van der Waals surface area (Å²) in [4.78, 5) is 20.9. The monoisotopic (exact) mass is 285 g/mol. The molecule has 2 rings (SSSR count). The van der Waals surface area contributed by atoms with Gasteiger partial charge in [-0.1, -0.05) is 24.3 Å². The third-order valence-electron chi connectivity index (χ3n) is 2.57. The predicted molar refractivity (Wildman–Crippen MR) is 76.3 cm³/mol. The van der Waals surface area contributed by atoms with Gasteiger partial charge < -0.3 is 9.84 Å². The molecule has 1 N–H and O–H groups in total. The molecule has 0 aliphatic rings. The topological polar surface area (TPSA) is 89.7 Å². The Bertz CT molecular complexity index is 709. The second kappa shape index (κ2) is 6.33. The van der Waals surface area contributed by atoms with E-state index in [1.807, 2.05) is 0 Å². The normalized spacial score (nSPS) is 10.5. The second-order valence-corrected chi connectivity index (χ2v) is 4.07. The number of hydrogen-bond acceptors (Lipinski definition) is 4. The molecule has 0 saturated heterocycles. The van der Waals surface area contributed by atoms with Gasteiger partial charge in [-0.05, 0) is 29.8 Å². The van der Waals surface area contributed by atoms with Crippen LogP contribution in [0.15, 0.2) is 54.6 Å². The summed E-state index contributed by atoms with van der Waals surface area (Å²) in [6.07, 6.45) is 2.42. The lowest BCUT2D eigenvalue weighted by Crippen LogP contribution is -1.93. The number of nitro groups is 1. The van der Waals surface area contributed by atoms with E-state index in [2.05, 4.69) is 0 Å². The van der Waals surface area contributed by atoms with Crippen LogP contribution in [0, 0.1) is 10.1 Å². The van der Waals surface area contributed by atoms with Crippen LogP contribution >= 0.6 is 0 Å². The number of hydrogen-bond donors (Lipinski definition) is 1. The lowest BCUT2D eigenvalue weighted by molar-refractivity contribution is -0.385. The molecule has 0 aliphatic carbocycles. The van der Waals surface area contributed by atoms with Gasteiger partial charge in [-0.25, -0.2) is 4.79 Å². The minimum Gasteiger partial charge on any atom is -0.478 e. The number of nitro benzene ring substituents is 1. The molecule has 0 aliphatic heterocycles. The molecule has 0 atom stereocenters. The molecule has 0 radical (unpaired) electrons. The maximum atomic E-state index is 10.9. The highest BCUT2D eigenvalue weighted by Gasteiger charge is 2.14. The summed E-state index contributed by atoms with van der Waals surface area (Å²) >= 11 is 0.